The van der Waals surface area contributed by atoms with Crippen molar-refractivity contribution in [3.63, 3.8) is 0 Å². The second-order valence-corrected chi connectivity index (χ2v) is 8.24. The zero-order valence-corrected chi connectivity index (χ0v) is 19.3. The maximum absolute atomic E-state index is 12.3. The molecule has 168 valence electrons. The summed E-state index contributed by atoms with van der Waals surface area (Å²) < 4.78 is 5.47. The molecule has 0 unspecified atom stereocenters. The van der Waals surface area contributed by atoms with Crippen LogP contribution < -0.4 is 15.4 Å². The quantitative estimate of drug-likeness (QED) is 0.359. The van der Waals surface area contributed by atoms with E-state index in [4.69, 9.17) is 9.72 Å². The fourth-order valence-electron chi connectivity index (χ4n) is 3.85. The summed E-state index contributed by atoms with van der Waals surface area (Å²) in [5.74, 6) is 1.01. The van der Waals surface area contributed by atoms with Gasteiger partial charge in [-0.15, -0.1) is 0 Å². The van der Waals surface area contributed by atoms with Gasteiger partial charge in [0.05, 0.1) is 11.0 Å². The smallest absolute Gasteiger partial charge is 0.410 e. The summed E-state index contributed by atoms with van der Waals surface area (Å²) in [6.45, 7) is 9.46. The van der Waals surface area contributed by atoms with Gasteiger partial charge in [0.2, 0.25) is 5.91 Å². The number of H-pyrrole nitrogens is 1. The average molecular weight is 443 g/mol. The molecule has 0 bridgehead atoms. The van der Waals surface area contributed by atoms with Crippen molar-refractivity contribution in [3.8, 4) is 17.1 Å². The average Bonchev–Trinajstić information content (AvgIpc) is 3.12. The van der Waals surface area contributed by atoms with Gasteiger partial charge >= 0.3 is 6.09 Å². The number of rotatable bonds is 4. The first-order valence-electron chi connectivity index (χ1n) is 10.6. The van der Waals surface area contributed by atoms with E-state index in [-0.39, 0.29) is 5.91 Å². The van der Waals surface area contributed by atoms with Gasteiger partial charge in [-0.05, 0) is 86.3 Å². The number of hydrogen-bond acceptors (Lipinski definition) is 4. The van der Waals surface area contributed by atoms with Gasteiger partial charge < -0.3 is 15.0 Å². The van der Waals surface area contributed by atoms with E-state index in [0.29, 0.717) is 17.3 Å². The van der Waals surface area contributed by atoms with Crippen LogP contribution in [-0.2, 0) is 4.79 Å². The Morgan fingerprint density at radius 1 is 0.818 bits per heavy atom. The molecule has 0 atom stereocenters. The van der Waals surface area contributed by atoms with Gasteiger partial charge in [-0.3, -0.25) is 10.1 Å². The van der Waals surface area contributed by atoms with Crippen LogP contribution >= 0.6 is 0 Å². The molecule has 33 heavy (non-hydrogen) atoms. The summed E-state index contributed by atoms with van der Waals surface area (Å²) in [4.78, 5) is 31.7. The summed E-state index contributed by atoms with van der Waals surface area (Å²) in [5.41, 5.74) is 8.14. The van der Waals surface area contributed by atoms with Crippen molar-refractivity contribution in [2.45, 2.75) is 34.6 Å². The highest BCUT2D eigenvalue weighted by molar-refractivity contribution is 5.90. The lowest BCUT2D eigenvalue weighted by Gasteiger charge is -2.11. The van der Waals surface area contributed by atoms with Crippen molar-refractivity contribution >= 4 is 34.4 Å². The molecule has 0 spiro atoms. The number of ether oxygens (including phenoxy) is 1. The maximum Gasteiger partial charge on any atom is 0.417 e. The van der Waals surface area contributed by atoms with E-state index < -0.39 is 6.09 Å². The number of fused-ring (bicyclic) bond motifs is 1. The topological polar surface area (TPSA) is 96.1 Å². The van der Waals surface area contributed by atoms with Crippen LogP contribution in [0.3, 0.4) is 0 Å². The third-order valence-corrected chi connectivity index (χ3v) is 5.51. The summed E-state index contributed by atoms with van der Waals surface area (Å²) in [6, 6.07) is 14.8. The Morgan fingerprint density at radius 3 is 2.18 bits per heavy atom. The number of aromatic nitrogens is 2. The Morgan fingerprint density at radius 2 is 1.52 bits per heavy atom. The molecule has 3 aromatic carbocycles. The number of aromatic amines is 1. The molecular weight excluding hydrogens is 416 g/mol. The third kappa shape index (κ3) is 4.87. The highest BCUT2D eigenvalue weighted by Gasteiger charge is 2.14. The van der Waals surface area contributed by atoms with Crippen LogP contribution in [0.2, 0.25) is 0 Å². The van der Waals surface area contributed by atoms with Gasteiger partial charge in [0.1, 0.15) is 11.6 Å². The fraction of sp³-hybridized carbons (Fsp3) is 0.192. The van der Waals surface area contributed by atoms with E-state index in [2.05, 4.69) is 15.6 Å². The molecule has 0 fully saturated rings. The Labute approximate surface area is 192 Å². The lowest BCUT2D eigenvalue weighted by atomic mass is 10.0. The number of nitrogens with zero attached hydrogens (tertiary/aromatic N) is 1. The molecule has 4 rings (SSSR count). The molecular formula is C26H26N4O3. The van der Waals surface area contributed by atoms with E-state index in [9.17, 15) is 9.59 Å². The predicted molar refractivity (Wildman–Crippen MR) is 131 cm³/mol. The molecule has 1 aromatic heterocycles. The van der Waals surface area contributed by atoms with Crippen LogP contribution in [0.1, 0.15) is 29.2 Å². The van der Waals surface area contributed by atoms with E-state index in [1.54, 1.807) is 12.1 Å². The summed E-state index contributed by atoms with van der Waals surface area (Å²) >= 11 is 0. The number of carbonyl (C=O) groups excluding carboxylic acids is 2. The Balaban J connectivity index is 1.56. The largest absolute Gasteiger partial charge is 0.417 e. The van der Waals surface area contributed by atoms with E-state index in [1.165, 1.54) is 6.92 Å². The van der Waals surface area contributed by atoms with Crippen molar-refractivity contribution in [1.29, 1.82) is 0 Å². The summed E-state index contributed by atoms with van der Waals surface area (Å²) in [6.07, 6.45) is -0.558. The number of anilines is 2. The first kappa shape index (κ1) is 22.1. The van der Waals surface area contributed by atoms with Crippen LogP contribution in [0.15, 0.2) is 48.5 Å². The fourth-order valence-corrected chi connectivity index (χ4v) is 3.85. The predicted octanol–water partition coefficient (Wildman–Crippen LogP) is 6.03. The summed E-state index contributed by atoms with van der Waals surface area (Å²) in [7, 11) is 0. The van der Waals surface area contributed by atoms with Crippen molar-refractivity contribution in [2.24, 2.45) is 0 Å². The number of benzene rings is 3. The SMILES string of the molecule is CC(=O)Nc1cc(C)c(-c2nc3ccc(OC(=O)Nc4ccc(C)c(C)c4)cc3[nH]2)c(C)c1. The number of imidazole rings is 1. The lowest BCUT2D eigenvalue weighted by Crippen LogP contribution is -2.16. The first-order chi connectivity index (χ1) is 15.7. The minimum atomic E-state index is -0.558. The molecule has 0 saturated carbocycles. The highest BCUT2D eigenvalue weighted by Crippen LogP contribution is 2.31. The van der Waals surface area contributed by atoms with Gasteiger partial charge in [-0.2, -0.15) is 0 Å². The molecule has 0 radical (unpaired) electrons. The molecule has 4 aromatic rings. The van der Waals surface area contributed by atoms with Crippen molar-refractivity contribution in [1.82, 2.24) is 9.97 Å². The number of hydrogen-bond donors (Lipinski definition) is 3. The molecule has 7 heteroatoms. The number of aryl methyl sites for hydroxylation is 4. The van der Waals surface area contributed by atoms with Crippen LogP contribution in [0, 0.1) is 27.7 Å². The van der Waals surface area contributed by atoms with Gasteiger partial charge in [-0.1, -0.05) is 6.07 Å². The van der Waals surface area contributed by atoms with Crippen LogP contribution in [-0.4, -0.2) is 22.0 Å². The zero-order chi connectivity index (χ0) is 23.7. The Bertz CT molecular complexity index is 1360. The van der Waals surface area contributed by atoms with Crippen LogP contribution in [0.4, 0.5) is 16.2 Å². The second-order valence-electron chi connectivity index (χ2n) is 8.24. The minimum Gasteiger partial charge on any atom is -0.410 e. The zero-order valence-electron chi connectivity index (χ0n) is 19.3. The molecule has 0 saturated heterocycles. The minimum absolute atomic E-state index is 0.112. The Kier molecular flexibility index (Phi) is 5.87. The lowest BCUT2D eigenvalue weighted by molar-refractivity contribution is -0.114. The van der Waals surface area contributed by atoms with Gasteiger partial charge in [0, 0.05) is 29.9 Å². The van der Waals surface area contributed by atoms with Crippen LogP contribution in [0.25, 0.3) is 22.4 Å². The summed E-state index contributed by atoms with van der Waals surface area (Å²) in [5, 5.41) is 5.57. The molecule has 1 heterocycles. The van der Waals surface area contributed by atoms with Crippen molar-refractivity contribution in [3.05, 3.63) is 70.8 Å². The molecule has 0 aliphatic rings. The standard InChI is InChI=1S/C26H26N4O3/c1-14-6-7-19(10-15(14)2)28-26(32)33-21-8-9-22-23(13-21)30-25(29-22)24-16(3)11-20(12-17(24)4)27-18(5)31/h6-13H,1-5H3,(H,27,31)(H,28,32)(H,29,30). The molecule has 0 aliphatic heterocycles. The van der Waals surface area contributed by atoms with E-state index in [1.807, 2.05) is 64.1 Å². The van der Waals surface area contributed by atoms with Crippen LogP contribution in [0.5, 0.6) is 5.75 Å². The van der Waals surface area contributed by atoms with E-state index >= 15 is 0 Å². The first-order valence-corrected chi connectivity index (χ1v) is 10.6. The highest BCUT2D eigenvalue weighted by atomic mass is 16.6. The molecule has 3 N–H and O–H groups in total. The number of carbonyl (C=O) groups is 2. The molecule has 2 amide bonds. The van der Waals surface area contributed by atoms with Gasteiger partial charge in [-0.25, -0.2) is 9.78 Å². The third-order valence-electron chi connectivity index (χ3n) is 5.51. The monoisotopic (exact) mass is 442 g/mol. The molecule has 0 aliphatic carbocycles. The van der Waals surface area contributed by atoms with Gasteiger partial charge in [0.15, 0.2) is 0 Å². The van der Waals surface area contributed by atoms with E-state index in [0.717, 1.165) is 44.5 Å². The van der Waals surface area contributed by atoms with Crippen molar-refractivity contribution < 1.29 is 14.3 Å². The maximum atomic E-state index is 12.3. The molecule has 7 nitrogen and oxygen atoms in total. The second kappa shape index (κ2) is 8.78. The number of amides is 2. The van der Waals surface area contributed by atoms with Crippen molar-refractivity contribution in [2.75, 3.05) is 10.6 Å². The Hall–Kier alpha value is -4.13. The normalized spacial score (nSPS) is 10.8. The number of nitrogens with one attached hydrogen (secondary N) is 3. The van der Waals surface area contributed by atoms with Gasteiger partial charge in [0.25, 0.3) is 0 Å².